The molecular formula is C18H24ClN3O3S2. The van der Waals surface area contributed by atoms with E-state index in [2.05, 4.69) is 9.71 Å². The van der Waals surface area contributed by atoms with E-state index in [4.69, 9.17) is 11.6 Å². The second-order valence-electron chi connectivity index (χ2n) is 6.78. The topological polar surface area (TPSA) is 79.4 Å². The molecule has 2 rings (SSSR count). The average Bonchev–Trinajstić information content (AvgIpc) is 2.95. The quantitative estimate of drug-likeness (QED) is 0.718. The largest absolute Gasteiger partial charge is 0.338 e. The van der Waals surface area contributed by atoms with Gasteiger partial charge in [0.2, 0.25) is 5.91 Å². The molecule has 148 valence electrons. The Morgan fingerprint density at radius 1 is 1.26 bits per heavy atom. The number of thiazole rings is 1. The Morgan fingerprint density at radius 2 is 1.89 bits per heavy atom. The van der Waals surface area contributed by atoms with E-state index in [1.165, 1.54) is 6.07 Å². The lowest BCUT2D eigenvalue weighted by Crippen LogP contribution is -2.42. The summed E-state index contributed by atoms with van der Waals surface area (Å²) in [5.41, 5.74) is 1.01. The predicted octanol–water partition coefficient (Wildman–Crippen LogP) is 4.09. The number of nitrogens with one attached hydrogen (secondary N) is 1. The van der Waals surface area contributed by atoms with Gasteiger partial charge in [0, 0.05) is 22.5 Å². The van der Waals surface area contributed by atoms with E-state index >= 15 is 0 Å². The molecule has 0 aliphatic heterocycles. The second-order valence-corrected chi connectivity index (χ2v) is 9.69. The standard InChI is InChI=1S/C18H24ClN3O3S2/c1-11(2)22(12(3)4)17(23)9-14-10-26-18(20-14)21-27(24,25)16-8-6-7-15(19)13(16)5/h6-8,10-12H,9H2,1-5H3,(H,20,21). The number of benzene rings is 1. The van der Waals surface area contributed by atoms with E-state index in [0.717, 1.165) is 11.3 Å². The summed E-state index contributed by atoms with van der Waals surface area (Å²) in [5.74, 6) is -0.0367. The van der Waals surface area contributed by atoms with E-state index < -0.39 is 10.0 Å². The number of rotatable bonds is 7. The predicted molar refractivity (Wildman–Crippen MR) is 110 cm³/mol. The Hall–Kier alpha value is -1.64. The minimum Gasteiger partial charge on any atom is -0.338 e. The molecular weight excluding hydrogens is 406 g/mol. The maximum absolute atomic E-state index is 12.6. The van der Waals surface area contributed by atoms with Crippen LogP contribution in [0, 0.1) is 6.92 Å². The van der Waals surface area contributed by atoms with Gasteiger partial charge < -0.3 is 4.90 Å². The SMILES string of the molecule is Cc1c(Cl)cccc1S(=O)(=O)Nc1nc(CC(=O)N(C(C)C)C(C)C)cs1. The lowest BCUT2D eigenvalue weighted by molar-refractivity contribution is -0.134. The third-order valence-corrected chi connectivity index (χ3v) is 6.84. The van der Waals surface area contributed by atoms with Gasteiger partial charge in [-0.15, -0.1) is 11.3 Å². The van der Waals surface area contributed by atoms with Crippen LogP contribution in [-0.4, -0.2) is 36.3 Å². The molecule has 1 aromatic heterocycles. The van der Waals surface area contributed by atoms with Crippen molar-refractivity contribution in [3.8, 4) is 0 Å². The Kier molecular flexibility index (Phi) is 6.88. The maximum atomic E-state index is 12.6. The Morgan fingerprint density at radius 3 is 2.48 bits per heavy atom. The highest BCUT2D eigenvalue weighted by Gasteiger charge is 2.23. The fourth-order valence-corrected chi connectivity index (χ4v) is 5.36. The lowest BCUT2D eigenvalue weighted by atomic mass is 10.2. The van der Waals surface area contributed by atoms with Crippen LogP contribution in [-0.2, 0) is 21.2 Å². The van der Waals surface area contributed by atoms with Crippen molar-refractivity contribution in [1.82, 2.24) is 9.88 Å². The van der Waals surface area contributed by atoms with Crippen LogP contribution >= 0.6 is 22.9 Å². The van der Waals surface area contributed by atoms with Crippen LogP contribution < -0.4 is 4.72 Å². The van der Waals surface area contributed by atoms with Crippen LogP contribution in [0.15, 0.2) is 28.5 Å². The molecule has 0 radical (unpaired) electrons. The van der Waals surface area contributed by atoms with E-state index in [1.54, 1.807) is 29.3 Å². The highest BCUT2D eigenvalue weighted by atomic mass is 35.5. The molecule has 27 heavy (non-hydrogen) atoms. The first kappa shape index (κ1) is 21.7. The number of carbonyl (C=O) groups is 1. The van der Waals surface area contributed by atoms with Gasteiger partial charge in [0.05, 0.1) is 17.0 Å². The van der Waals surface area contributed by atoms with Crippen LogP contribution in [0.1, 0.15) is 39.0 Å². The van der Waals surface area contributed by atoms with Crippen molar-refractivity contribution in [3.63, 3.8) is 0 Å². The number of amides is 1. The molecule has 0 saturated carbocycles. The summed E-state index contributed by atoms with van der Waals surface area (Å²) in [4.78, 5) is 18.7. The summed E-state index contributed by atoms with van der Waals surface area (Å²) in [6.07, 6.45) is 0.130. The van der Waals surface area contributed by atoms with Gasteiger partial charge in [-0.3, -0.25) is 9.52 Å². The van der Waals surface area contributed by atoms with Crippen LogP contribution in [0.3, 0.4) is 0 Å². The third-order valence-electron chi connectivity index (χ3n) is 4.01. The highest BCUT2D eigenvalue weighted by Crippen LogP contribution is 2.26. The third kappa shape index (κ3) is 5.21. The number of hydrogen-bond acceptors (Lipinski definition) is 5. The zero-order valence-corrected chi connectivity index (χ0v) is 18.4. The summed E-state index contributed by atoms with van der Waals surface area (Å²) < 4.78 is 27.7. The summed E-state index contributed by atoms with van der Waals surface area (Å²) in [6, 6.07) is 4.88. The molecule has 6 nitrogen and oxygen atoms in total. The van der Waals surface area contributed by atoms with Crippen molar-refractivity contribution in [2.24, 2.45) is 0 Å². The van der Waals surface area contributed by atoms with Gasteiger partial charge in [-0.05, 0) is 52.3 Å². The first-order valence-corrected chi connectivity index (χ1v) is 11.3. The Balaban J connectivity index is 2.16. The van der Waals surface area contributed by atoms with Gasteiger partial charge in [0.25, 0.3) is 10.0 Å². The fourth-order valence-electron chi connectivity index (χ4n) is 2.90. The van der Waals surface area contributed by atoms with E-state index in [9.17, 15) is 13.2 Å². The zero-order chi connectivity index (χ0) is 20.4. The van der Waals surface area contributed by atoms with Crippen molar-refractivity contribution in [2.75, 3.05) is 4.72 Å². The fraction of sp³-hybridized carbons (Fsp3) is 0.444. The van der Waals surface area contributed by atoms with Gasteiger partial charge in [0.15, 0.2) is 5.13 Å². The van der Waals surface area contributed by atoms with Crippen molar-refractivity contribution in [2.45, 2.75) is 58.0 Å². The molecule has 0 saturated heterocycles. The number of aromatic nitrogens is 1. The van der Waals surface area contributed by atoms with Crippen LogP contribution in [0.25, 0.3) is 0 Å². The summed E-state index contributed by atoms with van der Waals surface area (Å²) >= 11 is 7.16. The smallest absolute Gasteiger partial charge is 0.263 e. The highest BCUT2D eigenvalue weighted by molar-refractivity contribution is 7.93. The van der Waals surface area contributed by atoms with Gasteiger partial charge >= 0.3 is 0 Å². The molecule has 0 atom stereocenters. The molecule has 0 fully saturated rings. The minimum atomic E-state index is -3.81. The first-order chi connectivity index (χ1) is 12.5. The van der Waals surface area contributed by atoms with E-state index in [0.29, 0.717) is 16.3 Å². The normalized spacial score (nSPS) is 11.9. The molecule has 0 aliphatic rings. The molecule has 0 aliphatic carbocycles. The molecule has 0 spiro atoms. The Labute approximate surface area is 169 Å². The van der Waals surface area contributed by atoms with E-state index in [1.807, 2.05) is 27.7 Å². The molecule has 1 aromatic carbocycles. The Bertz CT molecular complexity index is 916. The summed E-state index contributed by atoms with van der Waals surface area (Å²) in [5, 5.41) is 2.29. The number of nitrogens with zero attached hydrogens (tertiary/aromatic N) is 2. The molecule has 1 amide bonds. The molecule has 9 heteroatoms. The van der Waals surface area contributed by atoms with Gasteiger partial charge in [-0.25, -0.2) is 13.4 Å². The average molecular weight is 430 g/mol. The monoisotopic (exact) mass is 429 g/mol. The van der Waals surface area contributed by atoms with Crippen molar-refractivity contribution >= 4 is 44.0 Å². The van der Waals surface area contributed by atoms with Crippen molar-refractivity contribution in [3.05, 3.63) is 39.9 Å². The lowest BCUT2D eigenvalue weighted by Gasteiger charge is -2.30. The van der Waals surface area contributed by atoms with E-state index in [-0.39, 0.29) is 34.4 Å². The number of hydrogen-bond donors (Lipinski definition) is 1. The summed E-state index contributed by atoms with van der Waals surface area (Å²) in [7, 11) is -3.81. The maximum Gasteiger partial charge on any atom is 0.263 e. The zero-order valence-electron chi connectivity index (χ0n) is 16.0. The molecule has 2 aromatic rings. The summed E-state index contributed by atoms with van der Waals surface area (Å²) in [6.45, 7) is 9.50. The van der Waals surface area contributed by atoms with Crippen LogP contribution in [0.5, 0.6) is 0 Å². The second kappa shape index (κ2) is 8.58. The number of halogens is 1. The molecule has 0 bridgehead atoms. The van der Waals surface area contributed by atoms with Crippen molar-refractivity contribution in [1.29, 1.82) is 0 Å². The number of carbonyl (C=O) groups excluding carboxylic acids is 1. The molecule has 0 unspecified atom stereocenters. The molecule has 1 N–H and O–H groups in total. The van der Waals surface area contributed by atoms with Crippen LogP contribution in [0.2, 0.25) is 5.02 Å². The van der Waals surface area contributed by atoms with Gasteiger partial charge in [-0.1, -0.05) is 17.7 Å². The number of anilines is 1. The van der Waals surface area contributed by atoms with Crippen LogP contribution in [0.4, 0.5) is 5.13 Å². The first-order valence-electron chi connectivity index (χ1n) is 8.56. The minimum absolute atomic E-state index is 0.0367. The van der Waals surface area contributed by atoms with Gasteiger partial charge in [0.1, 0.15) is 0 Å². The van der Waals surface area contributed by atoms with Crippen molar-refractivity contribution < 1.29 is 13.2 Å². The van der Waals surface area contributed by atoms with Gasteiger partial charge in [-0.2, -0.15) is 0 Å². The molecule has 1 heterocycles. The number of sulfonamides is 1.